The molecule has 2 heterocycles. The van der Waals surface area contributed by atoms with E-state index in [4.69, 9.17) is 11.6 Å². The molecule has 1 aromatic rings. The van der Waals surface area contributed by atoms with E-state index in [9.17, 15) is 13.2 Å². The summed E-state index contributed by atoms with van der Waals surface area (Å²) >= 11 is 5.93. The fraction of sp³-hybridized carbons (Fsp3) is 0.636. The summed E-state index contributed by atoms with van der Waals surface area (Å²) in [5.41, 5.74) is 0. The highest BCUT2D eigenvalue weighted by Crippen LogP contribution is 2.27. The Labute approximate surface area is 122 Å². The van der Waals surface area contributed by atoms with E-state index < -0.39 is 10.0 Å². The third-order valence-electron chi connectivity index (χ3n) is 3.41. The first kappa shape index (κ1) is 15.3. The summed E-state index contributed by atoms with van der Waals surface area (Å²) in [5, 5.41) is -0.0572. The molecule has 0 unspecified atom stereocenters. The summed E-state index contributed by atoms with van der Waals surface area (Å²) in [6, 6.07) is 0. The van der Waals surface area contributed by atoms with Crippen molar-refractivity contribution in [1.29, 1.82) is 0 Å². The Hall–Kier alpha value is -1.12. The molecule has 0 radical (unpaired) electrons. The Morgan fingerprint density at radius 2 is 2.05 bits per heavy atom. The molecule has 0 aromatic carbocycles. The fourth-order valence-corrected chi connectivity index (χ4v) is 4.05. The number of carbonyl (C=O) groups is 1. The minimum atomic E-state index is -3.71. The number of aromatic nitrogens is 2. The normalized spacial score (nSPS) is 18.1. The summed E-state index contributed by atoms with van der Waals surface area (Å²) in [5.74, 6) is -0.538. The molecule has 20 heavy (non-hydrogen) atoms. The number of sulfonamides is 1. The first-order valence-corrected chi connectivity index (χ1v) is 7.94. The van der Waals surface area contributed by atoms with Crippen molar-refractivity contribution in [2.75, 3.05) is 20.2 Å². The zero-order chi connectivity index (χ0) is 14.9. The number of rotatable bonds is 3. The van der Waals surface area contributed by atoms with Gasteiger partial charge in [-0.05, 0) is 12.8 Å². The summed E-state index contributed by atoms with van der Waals surface area (Å²) in [4.78, 5) is 15.3. The maximum atomic E-state index is 12.4. The zero-order valence-electron chi connectivity index (χ0n) is 11.2. The van der Waals surface area contributed by atoms with Crippen LogP contribution in [0.15, 0.2) is 11.4 Å². The van der Waals surface area contributed by atoms with Crippen LogP contribution in [0.1, 0.15) is 12.8 Å². The molecular weight excluding hydrogens is 306 g/mol. The lowest BCUT2D eigenvalue weighted by molar-refractivity contribution is -0.146. The van der Waals surface area contributed by atoms with E-state index in [0.29, 0.717) is 12.8 Å². The lowest BCUT2D eigenvalue weighted by Crippen LogP contribution is -2.40. The summed E-state index contributed by atoms with van der Waals surface area (Å²) in [6.07, 6.45) is 2.24. The highest BCUT2D eigenvalue weighted by Gasteiger charge is 2.35. The van der Waals surface area contributed by atoms with E-state index in [2.05, 4.69) is 9.72 Å². The minimum absolute atomic E-state index is 0.0834. The fourth-order valence-electron chi connectivity index (χ4n) is 2.19. The Morgan fingerprint density at radius 3 is 2.50 bits per heavy atom. The van der Waals surface area contributed by atoms with Gasteiger partial charge < -0.3 is 9.30 Å². The van der Waals surface area contributed by atoms with Crippen molar-refractivity contribution in [3.05, 3.63) is 11.5 Å². The maximum Gasteiger partial charge on any atom is 0.308 e. The van der Waals surface area contributed by atoms with Gasteiger partial charge in [-0.2, -0.15) is 4.31 Å². The molecule has 0 spiro atoms. The average Bonchev–Trinajstić information content (AvgIpc) is 2.79. The van der Waals surface area contributed by atoms with Crippen molar-refractivity contribution >= 4 is 27.6 Å². The monoisotopic (exact) mass is 321 g/mol. The predicted molar refractivity (Wildman–Crippen MR) is 71.7 cm³/mol. The Morgan fingerprint density at radius 1 is 1.45 bits per heavy atom. The molecule has 112 valence electrons. The number of aryl methyl sites for hydroxylation is 1. The number of nitrogens with zero attached hydrogens (tertiary/aromatic N) is 3. The van der Waals surface area contributed by atoms with Gasteiger partial charge in [-0.25, -0.2) is 13.4 Å². The van der Waals surface area contributed by atoms with E-state index >= 15 is 0 Å². The molecule has 0 amide bonds. The van der Waals surface area contributed by atoms with Crippen molar-refractivity contribution in [2.24, 2.45) is 13.0 Å². The first-order chi connectivity index (χ1) is 9.37. The van der Waals surface area contributed by atoms with Crippen LogP contribution in [0.4, 0.5) is 0 Å². The maximum absolute atomic E-state index is 12.4. The number of esters is 1. The van der Waals surface area contributed by atoms with Crippen molar-refractivity contribution in [3.8, 4) is 0 Å². The van der Waals surface area contributed by atoms with Crippen LogP contribution in [0.5, 0.6) is 0 Å². The molecule has 1 aliphatic rings. The van der Waals surface area contributed by atoms with Crippen LogP contribution in [0.2, 0.25) is 5.15 Å². The number of piperidine rings is 1. The second-order valence-electron chi connectivity index (χ2n) is 4.65. The van der Waals surface area contributed by atoms with E-state index in [1.165, 1.54) is 22.3 Å². The highest BCUT2D eigenvalue weighted by molar-refractivity contribution is 7.89. The number of methoxy groups -OCH3 is 1. The van der Waals surface area contributed by atoms with E-state index in [1.807, 2.05) is 0 Å². The number of ether oxygens (including phenoxy) is 1. The van der Waals surface area contributed by atoms with Crippen LogP contribution in [-0.4, -0.2) is 48.4 Å². The molecule has 2 rings (SSSR count). The molecule has 1 aromatic heterocycles. The van der Waals surface area contributed by atoms with Crippen molar-refractivity contribution in [2.45, 2.75) is 17.9 Å². The number of hydrogen-bond donors (Lipinski definition) is 0. The average molecular weight is 322 g/mol. The van der Waals surface area contributed by atoms with Gasteiger partial charge in [0.2, 0.25) is 5.03 Å². The van der Waals surface area contributed by atoms with Gasteiger partial charge in [-0.1, -0.05) is 11.6 Å². The Bertz CT molecular complexity index is 605. The molecule has 9 heteroatoms. The Balaban J connectivity index is 2.14. The number of imidazole rings is 1. The van der Waals surface area contributed by atoms with Crippen molar-refractivity contribution in [3.63, 3.8) is 0 Å². The third-order valence-corrected chi connectivity index (χ3v) is 5.80. The number of hydrogen-bond acceptors (Lipinski definition) is 5. The quantitative estimate of drug-likeness (QED) is 0.763. The van der Waals surface area contributed by atoms with E-state index in [1.54, 1.807) is 7.05 Å². The predicted octanol–water partition coefficient (Wildman–Crippen LogP) is 0.647. The van der Waals surface area contributed by atoms with Crippen LogP contribution in [-0.2, 0) is 26.6 Å². The van der Waals surface area contributed by atoms with Crippen LogP contribution >= 0.6 is 11.6 Å². The van der Waals surface area contributed by atoms with Crippen LogP contribution < -0.4 is 0 Å². The Kier molecular flexibility index (Phi) is 4.36. The molecular formula is C11H16ClN3O4S. The van der Waals surface area contributed by atoms with Crippen LogP contribution in [0.3, 0.4) is 0 Å². The molecule has 1 saturated heterocycles. The number of carbonyl (C=O) groups excluding carboxylic acids is 1. The van der Waals surface area contributed by atoms with Gasteiger partial charge in [-0.3, -0.25) is 4.79 Å². The SMILES string of the molecule is COC(=O)C1CCN(S(=O)(=O)c2ncn(C)c2Cl)CC1. The van der Waals surface area contributed by atoms with Gasteiger partial charge in [0.05, 0.1) is 19.4 Å². The van der Waals surface area contributed by atoms with Gasteiger partial charge >= 0.3 is 5.97 Å². The summed E-state index contributed by atoms with van der Waals surface area (Å²) in [7, 11) is -0.755. The van der Waals surface area contributed by atoms with E-state index in [-0.39, 0.29) is 35.2 Å². The topological polar surface area (TPSA) is 81.5 Å². The molecule has 1 aliphatic heterocycles. The van der Waals surface area contributed by atoms with Crippen molar-refractivity contribution < 1.29 is 17.9 Å². The van der Waals surface area contributed by atoms with E-state index in [0.717, 1.165) is 0 Å². The van der Waals surface area contributed by atoms with Crippen LogP contribution in [0.25, 0.3) is 0 Å². The summed E-state index contributed by atoms with van der Waals surface area (Å²) < 4.78 is 32.3. The highest BCUT2D eigenvalue weighted by atomic mass is 35.5. The van der Waals surface area contributed by atoms with Crippen LogP contribution in [0, 0.1) is 5.92 Å². The van der Waals surface area contributed by atoms with Crippen molar-refractivity contribution in [1.82, 2.24) is 13.9 Å². The second kappa shape index (κ2) is 5.71. The molecule has 0 aliphatic carbocycles. The van der Waals surface area contributed by atoms with Gasteiger partial charge in [0.25, 0.3) is 10.0 Å². The summed E-state index contributed by atoms with van der Waals surface area (Å²) in [6.45, 7) is 0.518. The molecule has 0 saturated carbocycles. The lowest BCUT2D eigenvalue weighted by atomic mass is 9.99. The molecule has 1 fully saturated rings. The van der Waals surface area contributed by atoms with Gasteiger partial charge in [0.15, 0.2) is 0 Å². The zero-order valence-corrected chi connectivity index (χ0v) is 12.8. The van der Waals surface area contributed by atoms with Gasteiger partial charge in [-0.15, -0.1) is 0 Å². The first-order valence-electron chi connectivity index (χ1n) is 6.12. The third kappa shape index (κ3) is 2.68. The molecule has 7 nitrogen and oxygen atoms in total. The number of halogens is 1. The lowest BCUT2D eigenvalue weighted by Gasteiger charge is -2.29. The largest absolute Gasteiger partial charge is 0.469 e. The standard InChI is InChI=1S/C11H16ClN3O4S/c1-14-7-13-10(9(14)12)20(17,18)15-5-3-8(4-6-15)11(16)19-2/h7-8H,3-6H2,1-2H3. The molecule has 0 bridgehead atoms. The van der Waals surface area contributed by atoms with Gasteiger partial charge in [0.1, 0.15) is 5.15 Å². The minimum Gasteiger partial charge on any atom is -0.469 e. The van der Waals surface area contributed by atoms with Gasteiger partial charge in [0, 0.05) is 20.1 Å². The molecule has 0 atom stereocenters. The smallest absolute Gasteiger partial charge is 0.308 e. The molecule has 0 N–H and O–H groups in total. The second-order valence-corrected chi connectivity index (χ2v) is 6.86.